The number of nitrogens with zero attached hydrogens (tertiary/aromatic N) is 6. The van der Waals surface area contributed by atoms with Gasteiger partial charge in [0.1, 0.15) is 17.8 Å². The van der Waals surface area contributed by atoms with Gasteiger partial charge in [0.2, 0.25) is 0 Å². The zero-order valence-corrected chi connectivity index (χ0v) is 22.0. The van der Waals surface area contributed by atoms with Crippen LogP contribution in [-0.2, 0) is 9.47 Å². The Morgan fingerprint density at radius 2 is 1.92 bits per heavy atom. The van der Waals surface area contributed by atoms with Gasteiger partial charge in [-0.05, 0) is 37.1 Å². The number of hydrogen-bond donors (Lipinski definition) is 2. The number of piperidine rings is 1. The number of benzene rings is 1. The summed E-state index contributed by atoms with van der Waals surface area (Å²) in [6.45, 7) is 8.11. The number of thiol groups is 1. The quantitative estimate of drug-likeness (QED) is 0.487. The van der Waals surface area contributed by atoms with Crippen molar-refractivity contribution >= 4 is 29.3 Å². The molecule has 0 aliphatic carbocycles. The van der Waals surface area contributed by atoms with E-state index >= 15 is 4.39 Å². The van der Waals surface area contributed by atoms with Gasteiger partial charge in [0.25, 0.3) is 0 Å². The lowest BCUT2D eigenvalue weighted by molar-refractivity contribution is -0.0795. The van der Waals surface area contributed by atoms with Crippen molar-refractivity contribution in [1.29, 1.82) is 0 Å². The summed E-state index contributed by atoms with van der Waals surface area (Å²) in [5.74, 6) is 1.74. The normalized spacial score (nSPS) is 27.5. The molecule has 9 nitrogen and oxygen atoms in total. The molecule has 5 heterocycles. The highest BCUT2D eigenvalue weighted by atomic mass is 32.1. The van der Waals surface area contributed by atoms with Crippen LogP contribution in [0.4, 0.5) is 10.2 Å². The van der Waals surface area contributed by atoms with E-state index in [1.807, 2.05) is 30.8 Å². The molecule has 0 amide bonds. The van der Waals surface area contributed by atoms with Crippen LogP contribution in [0.2, 0.25) is 0 Å². The third-order valence-electron chi connectivity index (χ3n) is 7.78. The average molecular weight is 529 g/mol. The van der Waals surface area contributed by atoms with Crippen LogP contribution in [0, 0.1) is 13.8 Å². The Morgan fingerprint density at radius 3 is 2.65 bits per heavy atom. The average Bonchev–Trinajstić information content (AvgIpc) is 3.25. The topological polar surface area (TPSA) is 88.8 Å². The van der Waals surface area contributed by atoms with Crippen LogP contribution in [0.5, 0.6) is 0 Å². The summed E-state index contributed by atoms with van der Waals surface area (Å²) in [4.78, 5) is 13.6. The summed E-state index contributed by atoms with van der Waals surface area (Å²) < 4.78 is 28.4. The van der Waals surface area contributed by atoms with Crippen molar-refractivity contribution in [2.75, 3.05) is 57.5 Å². The molecule has 1 aromatic carbocycles. The fourth-order valence-corrected chi connectivity index (χ4v) is 6.29. The lowest BCUT2D eigenvalue weighted by atomic mass is 9.84. The summed E-state index contributed by atoms with van der Waals surface area (Å²) in [7, 11) is 0. The minimum Gasteiger partial charge on any atom is -0.394 e. The van der Waals surface area contributed by atoms with Gasteiger partial charge in [-0.2, -0.15) is 17.7 Å². The van der Waals surface area contributed by atoms with Crippen molar-refractivity contribution in [2.45, 2.75) is 43.3 Å². The molecule has 3 saturated heterocycles. The van der Waals surface area contributed by atoms with Crippen LogP contribution in [0.1, 0.15) is 22.9 Å². The maximum atomic E-state index is 15.6. The summed E-state index contributed by atoms with van der Waals surface area (Å²) in [6, 6.07) is 6.36. The minimum atomic E-state index is -1.02. The lowest BCUT2D eigenvalue weighted by Gasteiger charge is -2.45. The summed E-state index contributed by atoms with van der Waals surface area (Å²) in [5, 5.41) is 15.0. The van der Waals surface area contributed by atoms with E-state index in [4.69, 9.17) is 22.1 Å². The smallest absolute Gasteiger partial charge is 0.159 e. The highest BCUT2D eigenvalue weighted by Gasteiger charge is 2.41. The number of rotatable bonds is 5. The number of aryl methyl sites for hydroxylation is 2. The van der Waals surface area contributed by atoms with Gasteiger partial charge in [0.15, 0.2) is 5.82 Å². The third kappa shape index (κ3) is 4.72. The van der Waals surface area contributed by atoms with Gasteiger partial charge in [-0.1, -0.05) is 0 Å². The summed E-state index contributed by atoms with van der Waals surface area (Å²) in [6.07, 6.45) is 0.567. The van der Waals surface area contributed by atoms with Crippen molar-refractivity contribution < 1.29 is 19.0 Å². The van der Waals surface area contributed by atoms with Gasteiger partial charge < -0.3 is 19.5 Å². The highest BCUT2D eigenvalue weighted by molar-refractivity contribution is 7.81. The van der Waals surface area contributed by atoms with E-state index in [1.165, 1.54) is 0 Å². The fraction of sp³-hybridized carbons (Fsp3) is 0.577. The molecular formula is C26H33FN6O3S. The van der Waals surface area contributed by atoms with Gasteiger partial charge in [-0.25, -0.2) is 19.0 Å². The molecule has 0 saturated carbocycles. The van der Waals surface area contributed by atoms with Gasteiger partial charge in [0, 0.05) is 48.8 Å². The third-order valence-corrected chi connectivity index (χ3v) is 8.27. The first-order valence-electron chi connectivity index (χ1n) is 12.9. The molecule has 198 valence electrons. The number of alkyl halides is 1. The van der Waals surface area contributed by atoms with Crippen LogP contribution in [-0.4, -0.2) is 106 Å². The van der Waals surface area contributed by atoms with Gasteiger partial charge >= 0.3 is 0 Å². The van der Waals surface area contributed by atoms with E-state index in [-0.39, 0.29) is 23.9 Å². The summed E-state index contributed by atoms with van der Waals surface area (Å²) in [5.41, 5.74) is 2.89. The Bertz CT molecular complexity index is 1270. The van der Waals surface area contributed by atoms with Crippen LogP contribution in [0.3, 0.4) is 0 Å². The number of fused-ring (bicyclic) bond motifs is 1. The zero-order valence-electron chi connectivity index (χ0n) is 21.1. The molecule has 2 aromatic heterocycles. The molecular weight excluding hydrogens is 495 g/mol. The number of aromatic nitrogens is 4. The van der Waals surface area contributed by atoms with Crippen molar-refractivity contribution in [3.8, 4) is 5.82 Å². The molecule has 0 bridgehead atoms. The number of morpholine rings is 1. The second-order valence-electron chi connectivity index (χ2n) is 10.3. The fourth-order valence-electron chi connectivity index (χ4n) is 5.73. The zero-order chi connectivity index (χ0) is 25.7. The number of aliphatic hydroxyl groups is 1. The lowest BCUT2D eigenvalue weighted by Crippen LogP contribution is -2.57. The maximum Gasteiger partial charge on any atom is 0.159 e. The standard InChI is InChI=1S/C26H33FN6O3S/c1-15-5-17-8-28-33(25-7-24(29-16(2)30-25)31-3-4-36-19(9-31)12-34)22(17)6-20(15)26-21(27)10-32(11-23(26)37)18-13-35-14-18/h5-8,18-19,21,23,26,34,37H,3-4,9-14H2,1-2H3/t19-,21?,23-,26?/m1/s1. The molecule has 0 radical (unpaired) electrons. The monoisotopic (exact) mass is 528 g/mol. The van der Waals surface area contributed by atoms with E-state index in [2.05, 4.69) is 37.0 Å². The number of likely N-dealkylation sites (tertiary alicyclic amines) is 1. The molecule has 3 aliphatic rings. The minimum absolute atomic E-state index is 0.0333. The molecule has 37 heavy (non-hydrogen) atoms. The van der Waals surface area contributed by atoms with E-state index in [1.54, 1.807) is 0 Å². The molecule has 11 heteroatoms. The van der Waals surface area contributed by atoms with Crippen molar-refractivity contribution in [3.63, 3.8) is 0 Å². The van der Waals surface area contributed by atoms with Crippen molar-refractivity contribution in [3.05, 3.63) is 41.3 Å². The van der Waals surface area contributed by atoms with Crippen LogP contribution in [0.15, 0.2) is 24.4 Å². The molecule has 1 N–H and O–H groups in total. The Morgan fingerprint density at radius 1 is 1.11 bits per heavy atom. The van der Waals surface area contributed by atoms with E-state index in [0.29, 0.717) is 57.1 Å². The number of aliphatic hydroxyl groups excluding tert-OH is 1. The van der Waals surface area contributed by atoms with E-state index in [9.17, 15) is 5.11 Å². The van der Waals surface area contributed by atoms with Gasteiger partial charge in [-0.3, -0.25) is 4.90 Å². The molecule has 0 spiro atoms. The molecule has 3 fully saturated rings. The van der Waals surface area contributed by atoms with Crippen molar-refractivity contribution in [1.82, 2.24) is 24.6 Å². The van der Waals surface area contributed by atoms with Crippen molar-refractivity contribution in [2.24, 2.45) is 0 Å². The van der Waals surface area contributed by atoms with Crippen LogP contribution < -0.4 is 4.90 Å². The molecule has 2 unspecified atom stereocenters. The summed E-state index contributed by atoms with van der Waals surface area (Å²) >= 11 is 4.87. The maximum absolute atomic E-state index is 15.6. The second kappa shape index (κ2) is 10.1. The van der Waals surface area contributed by atoms with E-state index < -0.39 is 6.17 Å². The first-order valence-corrected chi connectivity index (χ1v) is 13.4. The predicted molar refractivity (Wildman–Crippen MR) is 142 cm³/mol. The van der Waals surface area contributed by atoms with Gasteiger partial charge in [-0.15, -0.1) is 0 Å². The molecule has 3 aromatic rings. The molecule has 4 atom stereocenters. The highest BCUT2D eigenvalue weighted by Crippen LogP contribution is 2.38. The number of hydrogen-bond acceptors (Lipinski definition) is 9. The first-order chi connectivity index (χ1) is 17.9. The predicted octanol–water partition coefficient (Wildman–Crippen LogP) is 2.06. The van der Waals surface area contributed by atoms with Crippen LogP contribution >= 0.6 is 12.6 Å². The van der Waals surface area contributed by atoms with Crippen LogP contribution in [0.25, 0.3) is 16.7 Å². The molecule has 3 aliphatic heterocycles. The molecule has 6 rings (SSSR count). The SMILES string of the molecule is Cc1nc(N2CCO[C@@H](CO)C2)cc(-n2ncc3cc(C)c(C4C(F)CN(C5COC5)C[C@H]4S)cc32)n1. The Hall–Kier alpha value is -2.31. The van der Waals surface area contributed by atoms with Gasteiger partial charge in [0.05, 0.1) is 50.3 Å². The number of ether oxygens (including phenoxy) is 2. The second-order valence-corrected chi connectivity index (χ2v) is 11.0. The number of halogens is 1. The Balaban J connectivity index is 1.34. The first kappa shape index (κ1) is 25.0. The Kier molecular flexibility index (Phi) is 6.83. The van der Waals surface area contributed by atoms with E-state index in [0.717, 1.165) is 34.4 Å². The largest absolute Gasteiger partial charge is 0.394 e. The number of anilines is 1. The Labute approximate surface area is 221 Å².